The molecule has 0 amide bonds. The first-order valence-electron chi connectivity index (χ1n) is 2.30. The van der Waals surface area contributed by atoms with E-state index in [1.54, 1.807) is 5.92 Å². The summed E-state index contributed by atoms with van der Waals surface area (Å²) in [7, 11) is -5.25. The third kappa shape index (κ3) is 2.78. The molecule has 64 valence electrons. The summed E-state index contributed by atoms with van der Waals surface area (Å²) < 4.78 is 55.6. The van der Waals surface area contributed by atoms with Gasteiger partial charge in [-0.3, -0.25) is 0 Å². The lowest BCUT2D eigenvalue weighted by atomic mass is 10.7. The average molecular weight is 187 g/mol. The van der Waals surface area contributed by atoms with Gasteiger partial charge in [-0.1, -0.05) is 5.92 Å². The fourth-order valence-corrected chi connectivity index (χ4v) is 0.656. The van der Waals surface area contributed by atoms with Gasteiger partial charge < -0.3 is 0 Å². The van der Waals surface area contributed by atoms with Crippen molar-refractivity contribution in [3.63, 3.8) is 0 Å². The third-order valence-electron chi connectivity index (χ3n) is 0.669. The average Bonchev–Trinajstić information content (AvgIpc) is 1.81. The lowest BCUT2D eigenvalue weighted by Crippen LogP contribution is -2.36. The molecule has 0 aromatic heterocycles. The molecule has 0 aromatic rings. The van der Waals surface area contributed by atoms with E-state index in [1.165, 1.54) is 0 Å². The van der Waals surface area contributed by atoms with Gasteiger partial charge in [0, 0.05) is 0 Å². The van der Waals surface area contributed by atoms with E-state index in [9.17, 15) is 21.6 Å². The van der Waals surface area contributed by atoms with Gasteiger partial charge in [0.15, 0.2) is 0 Å². The van der Waals surface area contributed by atoms with Gasteiger partial charge in [0.1, 0.15) is 0 Å². The molecule has 0 aliphatic rings. The molecule has 0 spiro atoms. The number of rotatable bonds is 2. The minimum Gasteiger partial charge on any atom is -0.203 e. The highest BCUT2D eigenvalue weighted by Crippen LogP contribution is 2.20. The SMILES string of the molecule is C#CCNS(=O)(=O)C(F)(F)F. The summed E-state index contributed by atoms with van der Waals surface area (Å²) >= 11 is 0. The Kier molecular flexibility index (Phi) is 2.90. The van der Waals surface area contributed by atoms with E-state index in [0.29, 0.717) is 0 Å². The van der Waals surface area contributed by atoms with Crippen LogP contribution in [0.5, 0.6) is 0 Å². The molecular weight excluding hydrogens is 183 g/mol. The number of halogens is 3. The van der Waals surface area contributed by atoms with Crippen LogP contribution in [0.2, 0.25) is 0 Å². The summed E-state index contributed by atoms with van der Waals surface area (Å²) in [5.41, 5.74) is -5.29. The standard InChI is InChI=1S/C4H4F3NO2S/c1-2-3-8-11(9,10)4(5,6)7/h1,8H,3H2. The fraction of sp³-hybridized carbons (Fsp3) is 0.500. The van der Waals surface area contributed by atoms with E-state index < -0.39 is 22.1 Å². The Morgan fingerprint density at radius 2 is 1.91 bits per heavy atom. The first kappa shape index (κ1) is 10.3. The topological polar surface area (TPSA) is 46.2 Å². The Hall–Kier alpha value is -0.740. The van der Waals surface area contributed by atoms with E-state index >= 15 is 0 Å². The van der Waals surface area contributed by atoms with Gasteiger partial charge in [-0.15, -0.1) is 6.42 Å². The summed E-state index contributed by atoms with van der Waals surface area (Å²) in [5, 5.41) is 0. The lowest BCUT2D eigenvalue weighted by Gasteiger charge is -2.05. The van der Waals surface area contributed by atoms with Crippen LogP contribution in [-0.4, -0.2) is 20.5 Å². The largest absolute Gasteiger partial charge is 0.511 e. The van der Waals surface area contributed by atoms with Crippen molar-refractivity contribution in [1.82, 2.24) is 4.72 Å². The molecule has 11 heavy (non-hydrogen) atoms. The number of hydrogen-bond donors (Lipinski definition) is 1. The number of alkyl halides is 3. The first-order valence-corrected chi connectivity index (χ1v) is 3.79. The van der Waals surface area contributed by atoms with Gasteiger partial charge in [-0.05, 0) is 0 Å². The van der Waals surface area contributed by atoms with Crippen LogP contribution < -0.4 is 4.72 Å². The van der Waals surface area contributed by atoms with Crippen LogP contribution in [0.3, 0.4) is 0 Å². The maximum atomic E-state index is 11.4. The molecule has 0 fully saturated rings. The molecule has 0 saturated heterocycles. The monoisotopic (exact) mass is 187 g/mol. The van der Waals surface area contributed by atoms with Gasteiger partial charge in [0.2, 0.25) is 0 Å². The van der Waals surface area contributed by atoms with E-state index in [4.69, 9.17) is 0 Å². The molecule has 0 aliphatic heterocycles. The molecule has 0 heterocycles. The van der Waals surface area contributed by atoms with Gasteiger partial charge in [-0.2, -0.15) is 17.9 Å². The summed E-state index contributed by atoms with van der Waals surface area (Å²) in [5.74, 6) is 1.71. The molecule has 1 N–H and O–H groups in total. The zero-order chi connectivity index (χ0) is 9.12. The van der Waals surface area contributed by atoms with Crippen molar-refractivity contribution in [2.75, 3.05) is 6.54 Å². The van der Waals surface area contributed by atoms with Gasteiger partial charge in [0.25, 0.3) is 0 Å². The number of nitrogens with one attached hydrogen (secondary N) is 1. The summed E-state index contributed by atoms with van der Waals surface area (Å²) in [6.07, 6.45) is 4.53. The van der Waals surface area contributed by atoms with Crippen molar-refractivity contribution in [3.8, 4) is 12.3 Å². The molecule has 3 nitrogen and oxygen atoms in total. The fourth-order valence-electron chi connectivity index (χ4n) is 0.219. The summed E-state index contributed by atoms with van der Waals surface area (Å²) in [6, 6.07) is 0. The molecule has 0 bridgehead atoms. The van der Waals surface area contributed by atoms with Crippen LogP contribution in [-0.2, 0) is 10.0 Å². The van der Waals surface area contributed by atoms with Crippen LogP contribution in [0.25, 0.3) is 0 Å². The molecule has 0 unspecified atom stereocenters. The molecule has 0 atom stereocenters. The number of terminal acetylenes is 1. The zero-order valence-electron chi connectivity index (χ0n) is 5.14. The van der Waals surface area contributed by atoms with Crippen molar-refractivity contribution < 1.29 is 21.6 Å². The normalized spacial score (nSPS) is 12.5. The highest BCUT2D eigenvalue weighted by molar-refractivity contribution is 7.90. The van der Waals surface area contributed by atoms with Crippen LogP contribution >= 0.6 is 0 Å². The quantitative estimate of drug-likeness (QED) is 0.621. The maximum absolute atomic E-state index is 11.4. The number of hydrogen-bond acceptors (Lipinski definition) is 2. The maximum Gasteiger partial charge on any atom is 0.511 e. The Morgan fingerprint density at radius 3 is 2.18 bits per heavy atom. The van der Waals surface area contributed by atoms with Crippen LogP contribution in [0.1, 0.15) is 0 Å². The third-order valence-corrected chi connectivity index (χ3v) is 1.80. The predicted octanol–water partition coefficient (Wildman–Crippen LogP) is 0.0588. The van der Waals surface area contributed by atoms with Gasteiger partial charge in [-0.25, -0.2) is 8.42 Å². The first-order chi connectivity index (χ1) is 4.81. The Morgan fingerprint density at radius 1 is 1.45 bits per heavy atom. The predicted molar refractivity (Wildman–Crippen MR) is 31.8 cm³/mol. The van der Waals surface area contributed by atoms with E-state index in [-0.39, 0.29) is 0 Å². The highest BCUT2D eigenvalue weighted by Gasteiger charge is 2.45. The molecule has 0 aliphatic carbocycles. The lowest BCUT2D eigenvalue weighted by molar-refractivity contribution is -0.0446. The molecule has 0 radical (unpaired) electrons. The van der Waals surface area contributed by atoms with Crippen molar-refractivity contribution in [2.24, 2.45) is 0 Å². The smallest absolute Gasteiger partial charge is 0.203 e. The summed E-state index contributed by atoms with van der Waals surface area (Å²) in [4.78, 5) is 0. The second-order valence-electron chi connectivity index (χ2n) is 1.47. The molecule has 0 rings (SSSR count). The Balaban J connectivity index is 4.41. The van der Waals surface area contributed by atoms with Crippen LogP contribution in [0.15, 0.2) is 0 Å². The zero-order valence-corrected chi connectivity index (χ0v) is 5.96. The summed E-state index contributed by atoms with van der Waals surface area (Å²) in [6.45, 7) is -0.665. The van der Waals surface area contributed by atoms with Gasteiger partial charge in [0.05, 0.1) is 6.54 Å². The van der Waals surface area contributed by atoms with E-state index in [0.717, 1.165) is 4.72 Å². The Labute approximate surface area is 61.6 Å². The second-order valence-corrected chi connectivity index (χ2v) is 3.23. The van der Waals surface area contributed by atoms with Crippen LogP contribution in [0, 0.1) is 12.3 Å². The van der Waals surface area contributed by atoms with Crippen LogP contribution in [0.4, 0.5) is 13.2 Å². The second kappa shape index (κ2) is 3.11. The van der Waals surface area contributed by atoms with Crippen molar-refractivity contribution in [2.45, 2.75) is 5.51 Å². The van der Waals surface area contributed by atoms with E-state index in [1.807, 2.05) is 0 Å². The minimum atomic E-state index is -5.29. The molecule has 0 saturated carbocycles. The molecule has 0 aromatic carbocycles. The molecular formula is C4H4F3NO2S. The van der Waals surface area contributed by atoms with Crippen molar-refractivity contribution in [1.29, 1.82) is 0 Å². The number of sulfonamides is 1. The minimum absolute atomic E-state index is 0.665. The molecule has 7 heteroatoms. The van der Waals surface area contributed by atoms with Gasteiger partial charge >= 0.3 is 15.5 Å². The van der Waals surface area contributed by atoms with Crippen molar-refractivity contribution >= 4 is 10.0 Å². The van der Waals surface area contributed by atoms with E-state index in [2.05, 4.69) is 6.42 Å². The van der Waals surface area contributed by atoms with Crippen molar-refractivity contribution in [3.05, 3.63) is 0 Å². The highest BCUT2D eigenvalue weighted by atomic mass is 32.2. The Bertz CT molecular complexity index is 260.